The van der Waals surface area contributed by atoms with Gasteiger partial charge in [-0.25, -0.2) is 9.18 Å². The number of nitrogens with one attached hydrogen (secondary N) is 1. The number of anilines is 1. The first-order valence-electron chi connectivity index (χ1n) is 7.89. The van der Waals surface area contributed by atoms with Crippen molar-refractivity contribution >= 4 is 34.1 Å². The van der Waals surface area contributed by atoms with Gasteiger partial charge in [0.1, 0.15) is 12.4 Å². The van der Waals surface area contributed by atoms with E-state index in [4.69, 9.17) is 11.6 Å². The van der Waals surface area contributed by atoms with E-state index in [0.29, 0.717) is 10.9 Å². The van der Waals surface area contributed by atoms with Crippen LogP contribution in [0.5, 0.6) is 0 Å². The van der Waals surface area contributed by atoms with Gasteiger partial charge in [0.2, 0.25) is 5.91 Å². The number of amides is 1. The molecule has 0 unspecified atom stereocenters. The van der Waals surface area contributed by atoms with Gasteiger partial charge in [0.05, 0.1) is 21.6 Å². The first-order valence-corrected chi connectivity index (χ1v) is 8.27. The molecular formula is C18H15ClFN3O3. The highest BCUT2D eigenvalue weighted by Gasteiger charge is 2.15. The number of nitrogens with zero attached hydrogens (tertiary/aromatic N) is 2. The molecule has 3 aromatic rings. The number of benzene rings is 2. The zero-order valence-electron chi connectivity index (χ0n) is 13.8. The van der Waals surface area contributed by atoms with E-state index in [9.17, 15) is 18.8 Å². The van der Waals surface area contributed by atoms with Crippen LogP contribution in [0.3, 0.4) is 0 Å². The van der Waals surface area contributed by atoms with E-state index in [1.807, 2.05) is 0 Å². The van der Waals surface area contributed by atoms with Crippen molar-refractivity contribution in [3.63, 3.8) is 0 Å². The number of carbonyl (C=O) groups is 1. The predicted molar refractivity (Wildman–Crippen MR) is 98.2 cm³/mol. The molecule has 0 aliphatic heterocycles. The lowest BCUT2D eigenvalue weighted by molar-refractivity contribution is -0.116. The Labute approximate surface area is 152 Å². The fourth-order valence-corrected chi connectivity index (χ4v) is 2.94. The minimum Gasteiger partial charge on any atom is -0.323 e. The first kappa shape index (κ1) is 17.9. The Morgan fingerprint density at radius 2 is 1.88 bits per heavy atom. The van der Waals surface area contributed by atoms with Gasteiger partial charge in [-0.2, -0.15) is 0 Å². The quantitative estimate of drug-likeness (QED) is 0.761. The molecule has 0 radical (unpaired) electrons. The molecule has 134 valence electrons. The summed E-state index contributed by atoms with van der Waals surface area (Å²) in [6.45, 7) is 1.56. The van der Waals surface area contributed by atoms with Gasteiger partial charge in [-0.05, 0) is 37.3 Å². The zero-order valence-corrected chi connectivity index (χ0v) is 14.6. The van der Waals surface area contributed by atoms with Gasteiger partial charge in [0.25, 0.3) is 5.56 Å². The molecule has 2 aromatic carbocycles. The number of aromatic nitrogens is 2. The lowest BCUT2D eigenvalue weighted by Crippen LogP contribution is -2.41. The zero-order chi connectivity index (χ0) is 18.8. The summed E-state index contributed by atoms with van der Waals surface area (Å²) >= 11 is 5.90. The largest absolute Gasteiger partial charge is 0.331 e. The Morgan fingerprint density at radius 1 is 1.15 bits per heavy atom. The molecule has 1 amide bonds. The van der Waals surface area contributed by atoms with Gasteiger partial charge in [-0.15, -0.1) is 0 Å². The number of rotatable bonds is 4. The number of halogens is 2. The maximum Gasteiger partial charge on any atom is 0.331 e. The molecule has 26 heavy (non-hydrogen) atoms. The lowest BCUT2D eigenvalue weighted by atomic mass is 10.2. The minimum absolute atomic E-state index is 0.0501. The molecule has 6 nitrogen and oxygen atoms in total. The van der Waals surface area contributed by atoms with Crippen LogP contribution in [-0.2, 0) is 17.9 Å². The number of hydrogen-bond acceptors (Lipinski definition) is 3. The van der Waals surface area contributed by atoms with E-state index in [-0.39, 0.29) is 23.8 Å². The van der Waals surface area contributed by atoms with Crippen molar-refractivity contribution in [1.29, 1.82) is 0 Å². The highest BCUT2D eigenvalue weighted by molar-refractivity contribution is 6.33. The minimum atomic E-state index is -0.573. The van der Waals surface area contributed by atoms with Gasteiger partial charge in [-0.1, -0.05) is 23.7 Å². The Balaban J connectivity index is 2.02. The molecule has 3 rings (SSSR count). The lowest BCUT2D eigenvalue weighted by Gasteiger charge is -2.13. The van der Waals surface area contributed by atoms with E-state index in [0.717, 1.165) is 10.6 Å². The van der Waals surface area contributed by atoms with Crippen LogP contribution in [0.25, 0.3) is 10.9 Å². The maximum absolute atomic E-state index is 13.1. The monoisotopic (exact) mass is 375 g/mol. The van der Waals surface area contributed by atoms with Crippen LogP contribution < -0.4 is 16.6 Å². The topological polar surface area (TPSA) is 73.1 Å². The third kappa shape index (κ3) is 3.25. The van der Waals surface area contributed by atoms with E-state index in [1.165, 1.54) is 16.7 Å². The smallest absolute Gasteiger partial charge is 0.323 e. The Bertz CT molecular complexity index is 1120. The molecule has 0 aliphatic carbocycles. The van der Waals surface area contributed by atoms with Crippen molar-refractivity contribution in [1.82, 2.24) is 9.13 Å². The number of hydrogen-bond donors (Lipinski definition) is 1. The van der Waals surface area contributed by atoms with Gasteiger partial charge >= 0.3 is 5.69 Å². The second-order valence-corrected chi connectivity index (χ2v) is 6.01. The molecule has 8 heteroatoms. The van der Waals surface area contributed by atoms with Crippen molar-refractivity contribution in [3.05, 3.63) is 74.1 Å². The van der Waals surface area contributed by atoms with Crippen LogP contribution in [0.1, 0.15) is 6.92 Å². The van der Waals surface area contributed by atoms with E-state index >= 15 is 0 Å². The highest BCUT2D eigenvalue weighted by atomic mass is 35.5. The summed E-state index contributed by atoms with van der Waals surface area (Å²) in [4.78, 5) is 37.4. The predicted octanol–water partition coefficient (Wildman–Crippen LogP) is 2.61. The molecule has 0 bridgehead atoms. The second-order valence-electron chi connectivity index (χ2n) is 5.61. The van der Waals surface area contributed by atoms with E-state index < -0.39 is 23.0 Å². The molecule has 0 saturated carbocycles. The van der Waals surface area contributed by atoms with Crippen molar-refractivity contribution in [3.8, 4) is 0 Å². The molecule has 0 saturated heterocycles. The Morgan fingerprint density at radius 3 is 2.58 bits per heavy atom. The fraction of sp³-hybridized carbons (Fsp3) is 0.167. The summed E-state index contributed by atoms with van der Waals surface area (Å²) in [7, 11) is 0. The van der Waals surface area contributed by atoms with Crippen molar-refractivity contribution in [2.45, 2.75) is 20.0 Å². The second kappa shape index (κ2) is 7.13. The SMILES string of the molecule is CCn1c(=O)c2ccccc2n(CC(=O)Nc2ccc(F)cc2Cl)c1=O. The van der Waals surface area contributed by atoms with E-state index in [1.54, 1.807) is 31.2 Å². The van der Waals surface area contributed by atoms with Crippen LogP contribution in [0.4, 0.5) is 10.1 Å². The van der Waals surface area contributed by atoms with Crippen molar-refractivity contribution in [2.75, 3.05) is 5.32 Å². The summed E-state index contributed by atoms with van der Waals surface area (Å²) in [6, 6.07) is 10.2. The third-order valence-electron chi connectivity index (χ3n) is 3.96. The fourth-order valence-electron chi connectivity index (χ4n) is 2.73. The Hall–Kier alpha value is -2.93. The van der Waals surface area contributed by atoms with Gasteiger partial charge < -0.3 is 5.32 Å². The normalized spacial score (nSPS) is 10.9. The average Bonchev–Trinajstić information content (AvgIpc) is 2.61. The molecule has 0 spiro atoms. The average molecular weight is 376 g/mol. The molecule has 1 N–H and O–H groups in total. The van der Waals surface area contributed by atoms with Crippen LogP contribution >= 0.6 is 11.6 Å². The van der Waals surface area contributed by atoms with Crippen LogP contribution in [0.2, 0.25) is 5.02 Å². The van der Waals surface area contributed by atoms with Gasteiger partial charge in [-0.3, -0.25) is 18.7 Å². The summed E-state index contributed by atoms with van der Waals surface area (Å²) in [5.41, 5.74) is -0.366. The van der Waals surface area contributed by atoms with Gasteiger partial charge in [0.15, 0.2) is 0 Å². The number of fused-ring (bicyclic) bond motifs is 1. The summed E-state index contributed by atoms with van der Waals surface area (Å²) < 4.78 is 15.4. The standard InChI is InChI=1S/C18H15ClFN3O3/c1-2-22-17(25)12-5-3-4-6-15(12)23(18(22)26)10-16(24)21-14-8-7-11(20)9-13(14)19/h3-9H,2,10H2,1H3,(H,21,24). The van der Waals surface area contributed by atoms with Crippen molar-refractivity contribution in [2.24, 2.45) is 0 Å². The number of carbonyl (C=O) groups excluding carboxylic acids is 1. The van der Waals surface area contributed by atoms with Gasteiger partial charge in [0, 0.05) is 6.54 Å². The van der Waals surface area contributed by atoms with E-state index in [2.05, 4.69) is 5.32 Å². The van der Waals surface area contributed by atoms with Crippen LogP contribution in [0, 0.1) is 5.82 Å². The summed E-state index contributed by atoms with van der Waals surface area (Å²) in [6.07, 6.45) is 0. The first-order chi connectivity index (χ1) is 12.4. The molecule has 1 heterocycles. The highest BCUT2D eigenvalue weighted by Crippen LogP contribution is 2.22. The maximum atomic E-state index is 13.1. The molecule has 0 aliphatic rings. The van der Waals surface area contributed by atoms with Crippen LogP contribution in [0.15, 0.2) is 52.1 Å². The Kier molecular flexibility index (Phi) is 4.90. The molecule has 1 aromatic heterocycles. The van der Waals surface area contributed by atoms with Crippen LogP contribution in [-0.4, -0.2) is 15.0 Å². The molecule has 0 atom stereocenters. The third-order valence-corrected chi connectivity index (χ3v) is 4.27. The summed E-state index contributed by atoms with van der Waals surface area (Å²) in [5, 5.41) is 2.94. The number of para-hydroxylation sites is 1. The molecule has 0 fully saturated rings. The molecular weight excluding hydrogens is 361 g/mol. The van der Waals surface area contributed by atoms with Crippen molar-refractivity contribution < 1.29 is 9.18 Å². The summed E-state index contributed by atoms with van der Waals surface area (Å²) in [5.74, 6) is -1.04.